The fourth-order valence-corrected chi connectivity index (χ4v) is 2.81. The van der Waals surface area contributed by atoms with Crippen molar-refractivity contribution in [1.82, 2.24) is 0 Å². The van der Waals surface area contributed by atoms with Crippen LogP contribution in [0.5, 0.6) is 5.75 Å². The molecule has 1 saturated carbocycles. The van der Waals surface area contributed by atoms with Crippen LogP contribution >= 0.6 is 0 Å². The van der Waals surface area contributed by atoms with Gasteiger partial charge >= 0.3 is 0 Å². The number of benzene rings is 1. The number of hydrogen-bond donors (Lipinski definition) is 1. The maximum atomic E-state index is 8.68. The molecule has 3 nitrogen and oxygen atoms in total. The Balaban J connectivity index is 1.91. The van der Waals surface area contributed by atoms with E-state index in [-0.39, 0.29) is 0 Å². The van der Waals surface area contributed by atoms with Crippen LogP contribution in [-0.4, -0.2) is 17.0 Å². The van der Waals surface area contributed by atoms with E-state index < -0.39 is 0 Å². The van der Waals surface area contributed by atoms with Crippen molar-refractivity contribution in [3.8, 4) is 5.75 Å². The summed E-state index contributed by atoms with van der Waals surface area (Å²) in [5.41, 5.74) is 1.85. The molecule has 3 heteroatoms. The average molecular weight is 275 g/mol. The maximum Gasteiger partial charge on any atom is 0.119 e. The fraction of sp³-hybridized carbons (Fsp3) is 0.588. The summed E-state index contributed by atoms with van der Waals surface area (Å²) in [6.07, 6.45) is 4.60. The van der Waals surface area contributed by atoms with Gasteiger partial charge in [0, 0.05) is 6.42 Å². The third kappa shape index (κ3) is 3.99. The van der Waals surface area contributed by atoms with Crippen LogP contribution in [0.25, 0.3) is 0 Å². The highest BCUT2D eigenvalue weighted by Crippen LogP contribution is 2.31. The van der Waals surface area contributed by atoms with Gasteiger partial charge in [-0.2, -0.15) is 0 Å². The van der Waals surface area contributed by atoms with Crippen LogP contribution in [0.1, 0.15) is 45.6 Å². The average Bonchev–Trinajstić information content (AvgIpc) is 2.45. The summed E-state index contributed by atoms with van der Waals surface area (Å²) < 4.78 is 6.08. The monoisotopic (exact) mass is 275 g/mol. The molecule has 0 aliphatic heterocycles. The number of hydrogen-bond acceptors (Lipinski definition) is 3. The lowest BCUT2D eigenvalue weighted by Gasteiger charge is -2.32. The lowest BCUT2D eigenvalue weighted by molar-refractivity contribution is 0.101. The Morgan fingerprint density at radius 1 is 1.20 bits per heavy atom. The van der Waals surface area contributed by atoms with Gasteiger partial charge in [-0.3, -0.25) is 0 Å². The third-order valence-corrected chi connectivity index (χ3v) is 4.41. The highest BCUT2D eigenvalue weighted by Gasteiger charge is 2.25. The van der Waals surface area contributed by atoms with E-state index in [4.69, 9.17) is 9.94 Å². The summed E-state index contributed by atoms with van der Waals surface area (Å²) in [5.74, 6) is 2.51. The van der Waals surface area contributed by atoms with Gasteiger partial charge in [0.2, 0.25) is 0 Å². The number of rotatable bonds is 4. The molecular formula is C17H25NO2. The fourth-order valence-electron chi connectivity index (χ4n) is 2.81. The number of oxime groups is 1. The van der Waals surface area contributed by atoms with E-state index in [1.54, 1.807) is 0 Å². The zero-order valence-electron chi connectivity index (χ0n) is 12.7. The van der Waals surface area contributed by atoms with Gasteiger partial charge in [0.25, 0.3) is 0 Å². The molecule has 0 bridgehead atoms. The van der Waals surface area contributed by atoms with Crippen molar-refractivity contribution in [1.29, 1.82) is 0 Å². The number of nitrogens with zero attached hydrogens (tertiary/aromatic N) is 1. The first-order valence-corrected chi connectivity index (χ1v) is 7.51. The van der Waals surface area contributed by atoms with E-state index in [0.717, 1.165) is 36.0 Å². The SMILES string of the molecule is C/C(Cc1ccc(OC2CCC(C)C(C)C2)cc1)=N\O. The predicted octanol–water partition coefficient (Wildman–Crippen LogP) is 4.28. The van der Waals surface area contributed by atoms with Gasteiger partial charge in [-0.15, -0.1) is 0 Å². The van der Waals surface area contributed by atoms with Crippen LogP contribution in [0.4, 0.5) is 0 Å². The quantitative estimate of drug-likeness (QED) is 0.506. The summed E-state index contributed by atoms with van der Waals surface area (Å²) >= 11 is 0. The Morgan fingerprint density at radius 3 is 2.50 bits per heavy atom. The Morgan fingerprint density at radius 2 is 1.90 bits per heavy atom. The molecule has 1 aliphatic carbocycles. The molecule has 0 amide bonds. The topological polar surface area (TPSA) is 41.8 Å². The first-order valence-electron chi connectivity index (χ1n) is 7.51. The van der Waals surface area contributed by atoms with Gasteiger partial charge in [-0.05, 0) is 55.7 Å². The van der Waals surface area contributed by atoms with E-state index in [1.165, 1.54) is 6.42 Å². The van der Waals surface area contributed by atoms with E-state index in [9.17, 15) is 0 Å². The van der Waals surface area contributed by atoms with Crippen molar-refractivity contribution in [2.45, 2.75) is 52.6 Å². The molecule has 0 spiro atoms. The maximum absolute atomic E-state index is 8.68. The molecule has 20 heavy (non-hydrogen) atoms. The number of ether oxygens (including phenoxy) is 1. The van der Waals surface area contributed by atoms with Crippen LogP contribution in [0.15, 0.2) is 29.4 Å². The van der Waals surface area contributed by atoms with Crippen molar-refractivity contribution < 1.29 is 9.94 Å². The molecule has 1 fully saturated rings. The molecule has 1 aromatic rings. The Bertz CT molecular complexity index is 453. The van der Waals surface area contributed by atoms with Crippen LogP contribution in [0, 0.1) is 11.8 Å². The molecule has 2 rings (SSSR count). The van der Waals surface area contributed by atoms with Gasteiger partial charge in [-0.25, -0.2) is 0 Å². The second kappa shape index (κ2) is 6.78. The second-order valence-corrected chi connectivity index (χ2v) is 6.16. The molecule has 1 aromatic carbocycles. The Labute approximate surface area is 121 Å². The zero-order chi connectivity index (χ0) is 14.5. The van der Waals surface area contributed by atoms with Crippen molar-refractivity contribution in [3.05, 3.63) is 29.8 Å². The molecule has 1 aliphatic rings. The molecule has 0 aromatic heterocycles. The molecule has 0 heterocycles. The van der Waals surface area contributed by atoms with Gasteiger partial charge < -0.3 is 9.94 Å². The first kappa shape index (κ1) is 14.9. The first-order chi connectivity index (χ1) is 9.58. The molecular weight excluding hydrogens is 250 g/mol. The molecule has 3 atom stereocenters. The van der Waals surface area contributed by atoms with Crippen molar-refractivity contribution in [2.24, 2.45) is 17.0 Å². The summed E-state index contributed by atoms with van der Waals surface area (Å²) in [7, 11) is 0. The summed E-state index contributed by atoms with van der Waals surface area (Å²) in [4.78, 5) is 0. The van der Waals surface area contributed by atoms with Crippen molar-refractivity contribution in [3.63, 3.8) is 0 Å². The third-order valence-electron chi connectivity index (χ3n) is 4.41. The second-order valence-electron chi connectivity index (χ2n) is 6.16. The van der Waals surface area contributed by atoms with Gasteiger partial charge in [-0.1, -0.05) is 31.1 Å². The Hall–Kier alpha value is -1.51. The van der Waals surface area contributed by atoms with Crippen LogP contribution < -0.4 is 4.74 Å². The molecule has 110 valence electrons. The van der Waals surface area contributed by atoms with Crippen LogP contribution in [0.2, 0.25) is 0 Å². The molecule has 3 unspecified atom stereocenters. The summed E-state index contributed by atoms with van der Waals surface area (Å²) in [6.45, 7) is 6.47. The molecule has 0 saturated heterocycles. The van der Waals surface area contributed by atoms with Crippen molar-refractivity contribution >= 4 is 5.71 Å². The van der Waals surface area contributed by atoms with Crippen LogP contribution in [-0.2, 0) is 6.42 Å². The van der Waals surface area contributed by atoms with Crippen LogP contribution in [0.3, 0.4) is 0 Å². The predicted molar refractivity (Wildman–Crippen MR) is 81.6 cm³/mol. The van der Waals surface area contributed by atoms with Gasteiger partial charge in [0.15, 0.2) is 0 Å². The standard InChI is InChI=1S/C17H25NO2/c1-12-4-7-17(10-13(12)2)20-16-8-5-15(6-9-16)11-14(3)18-19/h5-6,8-9,12-13,17,19H,4,7,10-11H2,1-3H3/b18-14+. The van der Waals surface area contributed by atoms with E-state index in [0.29, 0.717) is 18.2 Å². The smallest absolute Gasteiger partial charge is 0.119 e. The van der Waals surface area contributed by atoms with Gasteiger partial charge in [0.05, 0.1) is 11.8 Å². The molecule has 1 N–H and O–H groups in total. The zero-order valence-corrected chi connectivity index (χ0v) is 12.7. The highest BCUT2D eigenvalue weighted by atomic mass is 16.5. The van der Waals surface area contributed by atoms with E-state index in [2.05, 4.69) is 19.0 Å². The minimum Gasteiger partial charge on any atom is -0.490 e. The summed E-state index contributed by atoms with van der Waals surface area (Å²) in [6, 6.07) is 8.11. The normalized spacial score (nSPS) is 27.4. The largest absolute Gasteiger partial charge is 0.490 e. The summed E-state index contributed by atoms with van der Waals surface area (Å²) in [5, 5.41) is 11.9. The highest BCUT2D eigenvalue weighted by molar-refractivity contribution is 5.83. The minimum atomic E-state index is 0.354. The van der Waals surface area contributed by atoms with Gasteiger partial charge in [0.1, 0.15) is 5.75 Å². The van der Waals surface area contributed by atoms with E-state index in [1.807, 2.05) is 31.2 Å². The minimum absolute atomic E-state index is 0.354. The van der Waals surface area contributed by atoms with Crippen molar-refractivity contribution in [2.75, 3.05) is 0 Å². The lowest BCUT2D eigenvalue weighted by Crippen LogP contribution is -2.28. The van der Waals surface area contributed by atoms with E-state index >= 15 is 0 Å². The lowest BCUT2D eigenvalue weighted by atomic mass is 9.80. The Kier molecular flexibility index (Phi) is 5.05. The molecule has 0 radical (unpaired) electrons.